The fourth-order valence-electron chi connectivity index (χ4n) is 6.60. The minimum atomic E-state index is -3.72. The van der Waals surface area contributed by atoms with Gasteiger partial charge in [0.2, 0.25) is 5.91 Å². The summed E-state index contributed by atoms with van der Waals surface area (Å²) in [7, 11) is 1.58. The van der Waals surface area contributed by atoms with Crippen LogP contribution in [0.2, 0.25) is 0 Å². The van der Waals surface area contributed by atoms with E-state index in [2.05, 4.69) is 14.8 Å². The summed E-state index contributed by atoms with van der Waals surface area (Å²) < 4.78 is 48.4. The van der Waals surface area contributed by atoms with E-state index in [4.69, 9.17) is 9.47 Å². The Kier molecular flexibility index (Phi) is 6.11. The highest BCUT2D eigenvalue weighted by Gasteiger charge is 2.48. The number of carboxylic acids is 1. The number of carbonyl (C=O) groups is 2. The molecule has 2 aliphatic heterocycles. The zero-order valence-corrected chi connectivity index (χ0v) is 21.8. The molecule has 39 heavy (non-hydrogen) atoms. The summed E-state index contributed by atoms with van der Waals surface area (Å²) in [6, 6.07) is 8.24. The Morgan fingerprint density at radius 3 is 2.46 bits per heavy atom. The molecule has 0 unspecified atom stereocenters. The van der Waals surface area contributed by atoms with Crippen LogP contribution in [0.5, 0.6) is 23.0 Å². The molecule has 2 aromatic carbocycles. The molecule has 2 heterocycles. The number of hydrogen-bond acceptors (Lipinski definition) is 6. The van der Waals surface area contributed by atoms with Crippen molar-refractivity contribution in [1.82, 2.24) is 5.32 Å². The number of methoxy groups -OCH3 is 1. The maximum absolute atomic E-state index is 13.9. The van der Waals surface area contributed by atoms with Gasteiger partial charge in [-0.2, -0.15) is 0 Å². The van der Waals surface area contributed by atoms with Gasteiger partial charge >= 0.3 is 12.3 Å². The lowest BCUT2D eigenvalue weighted by Crippen LogP contribution is -2.46. The van der Waals surface area contributed by atoms with E-state index in [1.807, 2.05) is 25.1 Å². The van der Waals surface area contributed by atoms with E-state index in [-0.39, 0.29) is 41.4 Å². The maximum atomic E-state index is 13.9. The van der Waals surface area contributed by atoms with Crippen LogP contribution in [0.4, 0.5) is 8.78 Å². The number of aryl methyl sites for hydroxylation is 1. The monoisotopic (exact) mass is 543 g/mol. The molecule has 0 aromatic heterocycles. The molecule has 208 valence electrons. The zero-order chi connectivity index (χ0) is 27.5. The Morgan fingerprint density at radius 1 is 1.05 bits per heavy atom. The highest BCUT2D eigenvalue weighted by molar-refractivity contribution is 5.90. The van der Waals surface area contributed by atoms with Gasteiger partial charge in [-0.3, -0.25) is 9.59 Å². The van der Waals surface area contributed by atoms with Gasteiger partial charge in [0.25, 0.3) is 0 Å². The average molecular weight is 544 g/mol. The summed E-state index contributed by atoms with van der Waals surface area (Å²) in [4.78, 5) is 25.3. The van der Waals surface area contributed by atoms with Crippen molar-refractivity contribution >= 4 is 11.9 Å². The Hall–Kier alpha value is -3.56. The van der Waals surface area contributed by atoms with E-state index < -0.39 is 17.7 Å². The fourth-order valence-corrected chi connectivity index (χ4v) is 6.60. The summed E-state index contributed by atoms with van der Waals surface area (Å²) in [5.74, 6) is 0.0757. The first-order valence-corrected chi connectivity index (χ1v) is 13.4. The van der Waals surface area contributed by atoms with Crippen LogP contribution in [0.25, 0.3) is 0 Å². The summed E-state index contributed by atoms with van der Waals surface area (Å²) in [6.45, 7) is 1.83. The topological polar surface area (TPSA) is 103 Å². The van der Waals surface area contributed by atoms with Crippen molar-refractivity contribution in [3.63, 3.8) is 0 Å². The number of carboxylic acid groups (broad SMARTS) is 1. The second-order valence-corrected chi connectivity index (χ2v) is 11.2. The molecule has 0 spiro atoms. The maximum Gasteiger partial charge on any atom is 0.586 e. The average Bonchev–Trinajstić information content (AvgIpc) is 3.41. The lowest BCUT2D eigenvalue weighted by molar-refractivity contribution is -0.286. The van der Waals surface area contributed by atoms with Crippen LogP contribution in [-0.4, -0.2) is 36.5 Å². The van der Waals surface area contributed by atoms with Crippen LogP contribution in [0.3, 0.4) is 0 Å². The van der Waals surface area contributed by atoms with Gasteiger partial charge in [0.05, 0.1) is 24.5 Å². The predicted octanol–water partition coefficient (Wildman–Crippen LogP) is 5.12. The third kappa shape index (κ3) is 4.53. The molecule has 10 heteroatoms. The van der Waals surface area contributed by atoms with Gasteiger partial charge in [0.1, 0.15) is 17.6 Å². The van der Waals surface area contributed by atoms with E-state index in [9.17, 15) is 23.5 Å². The number of nitrogens with one attached hydrogen (secondary N) is 1. The molecule has 8 nitrogen and oxygen atoms in total. The number of ether oxygens (including phenoxy) is 4. The van der Waals surface area contributed by atoms with Gasteiger partial charge in [-0.1, -0.05) is 0 Å². The highest BCUT2D eigenvalue weighted by atomic mass is 19.3. The number of benzene rings is 2. The number of halogens is 2. The van der Waals surface area contributed by atoms with E-state index in [0.29, 0.717) is 49.2 Å². The van der Waals surface area contributed by atoms with Gasteiger partial charge in [-0.25, -0.2) is 0 Å². The van der Waals surface area contributed by atoms with Crippen LogP contribution in [0, 0.1) is 11.8 Å². The molecule has 2 aliphatic carbocycles. The molecule has 4 aliphatic rings. The standard InChI is InChI=1S/C29H31F2NO7/c1-28(10-9-17-11-24-25(13-20(17)28)39-29(30,31)38-24)27(35)32-21-14-22(15-3-5-16(6-4-15)26(33)34)37-23-12-18(36-2)7-8-19(21)23/h7-8,11-13,15-16,21-22H,3-6,9-10,14H2,1-2H3,(H,32,35)(H,33,34)/t15?,16?,21-,22-,28+/m1/s1. The lowest BCUT2D eigenvalue weighted by atomic mass is 9.76. The third-order valence-corrected chi connectivity index (χ3v) is 8.91. The molecule has 6 rings (SSSR count). The number of hydrogen-bond donors (Lipinski definition) is 2. The van der Waals surface area contributed by atoms with Crippen molar-refractivity contribution < 1.29 is 42.4 Å². The van der Waals surface area contributed by atoms with Gasteiger partial charge in [-0.15, -0.1) is 8.78 Å². The SMILES string of the molecule is COc1ccc2c(c1)O[C@@H](C1CCC(C(=O)O)CC1)C[C@H]2NC(=O)[C@@]1(C)CCc2cc3c(cc21)OC(F)(F)O3. The Bertz CT molecular complexity index is 1320. The first-order valence-electron chi connectivity index (χ1n) is 13.4. The van der Waals surface area contributed by atoms with Crippen LogP contribution in [0.1, 0.15) is 68.2 Å². The van der Waals surface area contributed by atoms with Gasteiger partial charge in [0, 0.05) is 18.1 Å². The van der Waals surface area contributed by atoms with Crippen molar-refractivity contribution in [2.45, 2.75) is 75.7 Å². The van der Waals surface area contributed by atoms with Crippen molar-refractivity contribution in [2.75, 3.05) is 7.11 Å². The first-order chi connectivity index (χ1) is 18.6. The first kappa shape index (κ1) is 25.7. The molecular weight excluding hydrogens is 512 g/mol. The quantitative estimate of drug-likeness (QED) is 0.540. The van der Waals surface area contributed by atoms with Gasteiger partial charge < -0.3 is 29.4 Å². The second-order valence-electron chi connectivity index (χ2n) is 11.2. The minimum Gasteiger partial charge on any atom is -0.497 e. The van der Waals surface area contributed by atoms with Crippen molar-refractivity contribution in [2.24, 2.45) is 11.8 Å². The number of fused-ring (bicyclic) bond motifs is 3. The van der Waals surface area contributed by atoms with Crippen LogP contribution >= 0.6 is 0 Å². The molecule has 1 fully saturated rings. The molecule has 2 N–H and O–H groups in total. The molecule has 0 bridgehead atoms. The molecular formula is C29H31F2NO7. The lowest BCUT2D eigenvalue weighted by Gasteiger charge is -2.40. The van der Waals surface area contributed by atoms with E-state index in [1.54, 1.807) is 13.2 Å². The normalized spacial score (nSPS) is 30.1. The minimum absolute atomic E-state index is 0.0174. The van der Waals surface area contributed by atoms with Crippen molar-refractivity contribution in [3.05, 3.63) is 47.0 Å². The predicted molar refractivity (Wildman–Crippen MR) is 134 cm³/mol. The largest absolute Gasteiger partial charge is 0.586 e. The van der Waals surface area contributed by atoms with E-state index in [0.717, 1.165) is 24.0 Å². The highest BCUT2D eigenvalue weighted by Crippen LogP contribution is 2.49. The van der Waals surface area contributed by atoms with Gasteiger partial charge in [0.15, 0.2) is 11.5 Å². The Morgan fingerprint density at radius 2 is 1.77 bits per heavy atom. The number of amides is 1. The molecule has 2 aromatic rings. The second kappa shape index (κ2) is 9.27. The van der Waals surface area contributed by atoms with Crippen LogP contribution in [-0.2, 0) is 21.4 Å². The summed E-state index contributed by atoms with van der Waals surface area (Å²) in [5.41, 5.74) is 1.35. The molecule has 1 saturated carbocycles. The zero-order valence-electron chi connectivity index (χ0n) is 21.8. The molecule has 1 amide bonds. The number of alkyl halides is 2. The number of aliphatic carboxylic acids is 1. The summed E-state index contributed by atoms with van der Waals surface area (Å²) >= 11 is 0. The van der Waals surface area contributed by atoms with E-state index in [1.165, 1.54) is 6.07 Å². The molecule has 3 atom stereocenters. The molecule has 0 saturated heterocycles. The Balaban J connectivity index is 1.25. The van der Waals surface area contributed by atoms with Crippen LogP contribution < -0.4 is 24.3 Å². The van der Waals surface area contributed by atoms with Crippen molar-refractivity contribution in [3.8, 4) is 23.0 Å². The van der Waals surface area contributed by atoms with Gasteiger partial charge in [-0.05, 0) is 86.8 Å². The molecule has 0 radical (unpaired) electrons. The smallest absolute Gasteiger partial charge is 0.497 e. The Labute approximate surface area is 224 Å². The summed E-state index contributed by atoms with van der Waals surface area (Å²) in [6.07, 6.45) is 0.398. The third-order valence-electron chi connectivity index (χ3n) is 8.91. The summed E-state index contributed by atoms with van der Waals surface area (Å²) in [5, 5.41) is 12.6. The van der Waals surface area contributed by atoms with Crippen molar-refractivity contribution in [1.29, 1.82) is 0 Å². The fraction of sp³-hybridized carbons (Fsp3) is 0.517. The van der Waals surface area contributed by atoms with E-state index >= 15 is 0 Å². The number of rotatable bonds is 5. The number of carbonyl (C=O) groups excluding carboxylic acids is 1. The van der Waals surface area contributed by atoms with Crippen LogP contribution in [0.15, 0.2) is 30.3 Å².